The van der Waals surface area contributed by atoms with Crippen LogP contribution in [-0.4, -0.2) is 65.3 Å². The molecule has 1 aromatic carbocycles. The van der Waals surface area contributed by atoms with Gasteiger partial charge in [-0.15, -0.1) is 5.10 Å². The number of nitrogens with two attached hydrogens (primary N) is 1. The van der Waals surface area contributed by atoms with E-state index in [2.05, 4.69) is 20.3 Å². The lowest BCUT2D eigenvalue weighted by molar-refractivity contribution is -0.126. The van der Waals surface area contributed by atoms with Crippen LogP contribution in [0.25, 0.3) is 0 Å². The molecule has 0 radical (unpaired) electrons. The van der Waals surface area contributed by atoms with Gasteiger partial charge in [-0.25, -0.2) is 4.68 Å². The quantitative estimate of drug-likeness (QED) is 0.683. The Kier molecular flexibility index (Phi) is 4.20. The van der Waals surface area contributed by atoms with Crippen molar-refractivity contribution in [2.24, 2.45) is 5.73 Å². The Morgan fingerprint density at radius 3 is 2.66 bits per heavy atom. The van der Waals surface area contributed by atoms with Crippen molar-refractivity contribution in [3.63, 3.8) is 0 Å². The number of anilines is 3. The van der Waals surface area contributed by atoms with Crippen LogP contribution < -0.4 is 20.9 Å². The molecule has 150 valence electrons. The summed E-state index contributed by atoms with van der Waals surface area (Å²) in [5.74, 6) is 0.0856. The van der Waals surface area contributed by atoms with Gasteiger partial charge >= 0.3 is 0 Å². The molecule has 5 rings (SSSR count). The van der Waals surface area contributed by atoms with E-state index in [0.29, 0.717) is 43.9 Å². The van der Waals surface area contributed by atoms with E-state index in [1.54, 1.807) is 9.58 Å². The number of para-hydroxylation sites is 1. The SMILES string of the molecule is NC(=O)C1C(=O)C2=C(CN1c1ccccc1)Cn1nc(N3CCOCC3)nc1N2. The highest BCUT2D eigenvalue weighted by Gasteiger charge is 2.41. The second-order valence-corrected chi connectivity index (χ2v) is 7.23. The molecule has 10 nitrogen and oxygen atoms in total. The third-order valence-corrected chi connectivity index (χ3v) is 5.41. The summed E-state index contributed by atoms with van der Waals surface area (Å²) in [7, 11) is 0. The zero-order valence-electron chi connectivity index (χ0n) is 15.7. The largest absolute Gasteiger partial charge is 0.378 e. The van der Waals surface area contributed by atoms with Gasteiger partial charge in [0.2, 0.25) is 23.6 Å². The van der Waals surface area contributed by atoms with E-state index in [0.717, 1.165) is 24.4 Å². The van der Waals surface area contributed by atoms with Gasteiger partial charge in [0.1, 0.15) is 0 Å². The standard InChI is InChI=1S/C19H21N7O3/c20-17(28)15-16(27)14-12(10-25(15)13-4-2-1-3-5-13)11-26-18(21-14)22-19(23-26)24-6-8-29-9-7-24/h1-5,15H,6-11H2,(H2,20,28)(H,21,22,23). The summed E-state index contributed by atoms with van der Waals surface area (Å²) in [5, 5.41) is 7.69. The number of ketones is 1. The Balaban J connectivity index is 1.46. The summed E-state index contributed by atoms with van der Waals surface area (Å²) in [4.78, 5) is 33.6. The molecule has 1 aromatic heterocycles. The number of ether oxygens (including phenoxy) is 1. The van der Waals surface area contributed by atoms with E-state index in [4.69, 9.17) is 10.5 Å². The van der Waals surface area contributed by atoms with Crippen molar-refractivity contribution < 1.29 is 14.3 Å². The van der Waals surface area contributed by atoms with Crippen LogP contribution in [0.1, 0.15) is 0 Å². The van der Waals surface area contributed by atoms with Gasteiger partial charge < -0.3 is 25.6 Å². The third kappa shape index (κ3) is 3.01. The lowest BCUT2D eigenvalue weighted by Gasteiger charge is -2.38. The highest BCUT2D eigenvalue weighted by molar-refractivity contribution is 6.17. The fourth-order valence-corrected chi connectivity index (χ4v) is 3.97. The number of hydrogen-bond acceptors (Lipinski definition) is 8. The molecule has 1 fully saturated rings. The number of fused-ring (bicyclic) bond motifs is 1. The predicted octanol–water partition coefficient (Wildman–Crippen LogP) is -0.263. The Morgan fingerprint density at radius 1 is 1.17 bits per heavy atom. The van der Waals surface area contributed by atoms with E-state index >= 15 is 0 Å². The van der Waals surface area contributed by atoms with Gasteiger partial charge in [0.15, 0.2) is 6.04 Å². The number of amides is 1. The summed E-state index contributed by atoms with van der Waals surface area (Å²) in [5.41, 5.74) is 7.62. The molecule has 1 unspecified atom stereocenters. The number of primary amides is 1. The first-order valence-electron chi connectivity index (χ1n) is 9.53. The molecular weight excluding hydrogens is 374 g/mol. The van der Waals surface area contributed by atoms with Gasteiger partial charge in [0.25, 0.3) is 0 Å². The topological polar surface area (TPSA) is 119 Å². The van der Waals surface area contributed by atoms with E-state index < -0.39 is 11.9 Å². The van der Waals surface area contributed by atoms with Crippen LogP contribution in [0, 0.1) is 0 Å². The maximum absolute atomic E-state index is 13.2. The summed E-state index contributed by atoms with van der Waals surface area (Å²) in [6.07, 6.45) is 0. The lowest BCUT2D eigenvalue weighted by atomic mass is 9.95. The molecule has 4 heterocycles. The normalized spacial score (nSPS) is 21.5. The molecule has 3 aliphatic rings. The molecule has 10 heteroatoms. The Morgan fingerprint density at radius 2 is 1.93 bits per heavy atom. The van der Waals surface area contributed by atoms with Crippen molar-refractivity contribution in [1.29, 1.82) is 0 Å². The highest BCUT2D eigenvalue weighted by atomic mass is 16.5. The fourth-order valence-electron chi connectivity index (χ4n) is 3.97. The molecule has 0 spiro atoms. The zero-order chi connectivity index (χ0) is 20.0. The molecule has 0 saturated carbocycles. The lowest BCUT2D eigenvalue weighted by Crippen LogP contribution is -2.56. The van der Waals surface area contributed by atoms with Crippen LogP contribution >= 0.6 is 0 Å². The van der Waals surface area contributed by atoms with Crippen LogP contribution in [-0.2, 0) is 20.9 Å². The number of carbonyl (C=O) groups is 2. The van der Waals surface area contributed by atoms with E-state index in [9.17, 15) is 9.59 Å². The Bertz CT molecular complexity index is 994. The molecule has 2 aromatic rings. The van der Waals surface area contributed by atoms with Crippen LogP contribution in [0.5, 0.6) is 0 Å². The molecule has 3 aliphatic heterocycles. The van der Waals surface area contributed by atoms with Crippen LogP contribution in [0.3, 0.4) is 0 Å². The summed E-state index contributed by atoms with van der Waals surface area (Å²) in [6, 6.07) is 8.29. The average molecular weight is 395 g/mol. The zero-order valence-corrected chi connectivity index (χ0v) is 15.7. The molecule has 1 amide bonds. The molecule has 1 atom stereocenters. The van der Waals surface area contributed by atoms with Gasteiger partial charge in [0, 0.05) is 25.3 Å². The number of carbonyl (C=O) groups excluding carboxylic acids is 2. The minimum absolute atomic E-state index is 0.343. The van der Waals surface area contributed by atoms with Crippen LogP contribution in [0.2, 0.25) is 0 Å². The predicted molar refractivity (Wildman–Crippen MR) is 105 cm³/mol. The minimum atomic E-state index is -1.06. The molecule has 1 saturated heterocycles. The van der Waals surface area contributed by atoms with Crippen LogP contribution in [0.15, 0.2) is 41.6 Å². The third-order valence-electron chi connectivity index (χ3n) is 5.41. The molecule has 29 heavy (non-hydrogen) atoms. The second-order valence-electron chi connectivity index (χ2n) is 7.23. The number of hydrogen-bond donors (Lipinski definition) is 2. The maximum atomic E-state index is 13.2. The van der Waals surface area contributed by atoms with Crippen molar-refractivity contribution in [1.82, 2.24) is 14.8 Å². The van der Waals surface area contributed by atoms with E-state index in [1.807, 2.05) is 30.3 Å². The van der Waals surface area contributed by atoms with Crippen molar-refractivity contribution in [3.05, 3.63) is 41.6 Å². The average Bonchev–Trinajstić information content (AvgIpc) is 3.16. The molecular formula is C19H21N7O3. The first kappa shape index (κ1) is 17.7. The monoisotopic (exact) mass is 395 g/mol. The number of Topliss-reactive ketones (excluding diaryl/α,β-unsaturated/α-hetero) is 1. The summed E-state index contributed by atoms with van der Waals surface area (Å²) < 4.78 is 7.14. The Labute approximate surface area is 166 Å². The summed E-state index contributed by atoms with van der Waals surface area (Å²) in [6.45, 7) is 3.54. The van der Waals surface area contributed by atoms with Gasteiger partial charge in [-0.05, 0) is 17.7 Å². The van der Waals surface area contributed by atoms with E-state index in [1.165, 1.54) is 0 Å². The number of rotatable bonds is 3. The maximum Gasteiger partial charge on any atom is 0.248 e. The Hall–Kier alpha value is -3.40. The van der Waals surface area contributed by atoms with Crippen molar-refractivity contribution in [2.75, 3.05) is 48.0 Å². The number of nitrogens with one attached hydrogen (secondary N) is 1. The molecule has 0 aliphatic carbocycles. The summed E-state index contributed by atoms with van der Waals surface area (Å²) >= 11 is 0. The fraction of sp³-hybridized carbons (Fsp3) is 0.368. The van der Waals surface area contributed by atoms with E-state index in [-0.39, 0.29) is 5.78 Å². The molecule has 3 N–H and O–H groups in total. The molecule has 0 bridgehead atoms. The van der Waals surface area contributed by atoms with Crippen molar-refractivity contribution in [2.45, 2.75) is 12.6 Å². The first-order chi connectivity index (χ1) is 14.1. The number of morpholine rings is 1. The van der Waals surface area contributed by atoms with Crippen molar-refractivity contribution in [3.8, 4) is 0 Å². The van der Waals surface area contributed by atoms with Gasteiger partial charge in [-0.2, -0.15) is 4.98 Å². The minimum Gasteiger partial charge on any atom is -0.378 e. The van der Waals surface area contributed by atoms with Gasteiger partial charge in [-0.1, -0.05) is 18.2 Å². The van der Waals surface area contributed by atoms with Gasteiger partial charge in [0.05, 0.1) is 25.5 Å². The van der Waals surface area contributed by atoms with Crippen molar-refractivity contribution >= 4 is 29.3 Å². The van der Waals surface area contributed by atoms with Gasteiger partial charge in [-0.3, -0.25) is 9.59 Å². The highest BCUT2D eigenvalue weighted by Crippen LogP contribution is 2.31. The smallest absolute Gasteiger partial charge is 0.248 e. The van der Waals surface area contributed by atoms with Crippen LogP contribution in [0.4, 0.5) is 17.6 Å². The number of nitrogens with zero attached hydrogens (tertiary/aromatic N) is 5. The second kappa shape index (κ2) is 6.89. The number of benzene rings is 1. The first-order valence-corrected chi connectivity index (χ1v) is 9.53. The number of aromatic nitrogens is 3.